The second kappa shape index (κ2) is 19.5. The van der Waals surface area contributed by atoms with E-state index < -0.39 is 0 Å². The summed E-state index contributed by atoms with van der Waals surface area (Å²) in [6.45, 7) is 0. The zero-order valence-corrected chi connectivity index (χ0v) is 6.61. The molecule has 0 aliphatic heterocycles. The van der Waals surface area contributed by atoms with E-state index in [2.05, 4.69) is 0 Å². The molecule has 30 valence electrons. The fraction of sp³-hybridized carbons (Fsp3) is 1.00. The average molecular weight is 316 g/mol. The van der Waals surface area contributed by atoms with E-state index >= 15 is 0 Å². The second-order valence-electron chi connectivity index (χ2n) is 0. The summed E-state index contributed by atoms with van der Waals surface area (Å²) in [6, 6.07) is 0. The van der Waals surface area contributed by atoms with Gasteiger partial charge in [-0.3, -0.25) is 0 Å². The summed E-state index contributed by atoms with van der Waals surface area (Å²) >= 11 is 0. The van der Waals surface area contributed by atoms with Gasteiger partial charge in [0.2, 0.25) is 0 Å². The molecule has 0 unspecified atom stereocenters. The molecule has 0 spiro atoms. The Bertz CT molecular complexity index is 8.00. The van der Waals surface area contributed by atoms with E-state index in [9.17, 15) is 0 Å². The Morgan fingerprint density at radius 3 is 1.00 bits per heavy atom. The van der Waals surface area contributed by atoms with Gasteiger partial charge in [0.25, 0.3) is 0 Å². The van der Waals surface area contributed by atoms with Crippen molar-refractivity contribution >= 4 is 43.7 Å². The molecule has 0 aromatic carbocycles. The van der Waals surface area contributed by atoms with Crippen LogP contribution in [0.25, 0.3) is 0 Å². The van der Waals surface area contributed by atoms with Gasteiger partial charge >= 0.3 is 43.7 Å². The molecule has 0 amide bonds. The third kappa shape index (κ3) is 8.94. The van der Waals surface area contributed by atoms with Crippen molar-refractivity contribution in [2.45, 2.75) is 7.43 Å². The maximum absolute atomic E-state index is 0. The van der Waals surface area contributed by atoms with Crippen LogP contribution >= 0.6 is 0 Å². The van der Waals surface area contributed by atoms with Crippen LogP contribution in [0.1, 0.15) is 7.43 Å². The monoisotopic (exact) mass is 316 g/mol. The summed E-state index contributed by atoms with van der Waals surface area (Å²) in [4.78, 5) is 0. The van der Waals surface area contributed by atoms with Crippen LogP contribution in [0.5, 0.6) is 0 Å². The zero-order chi connectivity index (χ0) is 0. The third-order valence-corrected chi connectivity index (χ3v) is 0. The van der Waals surface area contributed by atoms with E-state index in [1.165, 1.54) is 0 Å². The zero-order valence-electron chi connectivity index (χ0n) is 1.02. The fourth-order valence-corrected chi connectivity index (χ4v) is 0. The van der Waals surface area contributed by atoms with Crippen LogP contribution in [0.3, 0.4) is 0 Å². The maximum atomic E-state index is 0. The van der Waals surface area contributed by atoms with Crippen molar-refractivity contribution in [2.75, 3.05) is 0 Å². The number of rotatable bonds is 0. The Labute approximate surface area is 70.8 Å². The van der Waals surface area contributed by atoms with Crippen molar-refractivity contribution in [1.82, 2.24) is 0 Å². The van der Waals surface area contributed by atoms with E-state index in [4.69, 9.17) is 0 Å². The molecule has 0 saturated heterocycles. The van der Waals surface area contributed by atoms with Crippen LogP contribution in [-0.4, -0.2) is 43.7 Å². The van der Waals surface area contributed by atoms with Crippen LogP contribution < -0.4 is 0 Å². The first-order valence-electron chi connectivity index (χ1n) is 0. The Balaban J connectivity index is 0. The first-order valence-corrected chi connectivity index (χ1v) is 0. The molecule has 0 saturated carbocycles. The Morgan fingerprint density at radius 1 is 1.00 bits per heavy atom. The van der Waals surface area contributed by atoms with Gasteiger partial charge < -0.3 is 0 Å². The normalized spacial score (nSPS) is 0. The van der Waals surface area contributed by atoms with Gasteiger partial charge in [0.15, 0.2) is 0 Å². The molecule has 0 rings (SSSR count). The van der Waals surface area contributed by atoms with Crippen molar-refractivity contribution in [3.63, 3.8) is 0 Å². The summed E-state index contributed by atoms with van der Waals surface area (Å²) in [5.74, 6) is 0. The molecule has 0 aliphatic carbocycles. The topological polar surface area (TPSA) is 0 Å². The van der Waals surface area contributed by atoms with Gasteiger partial charge in [-0.1, -0.05) is 7.43 Å². The summed E-state index contributed by atoms with van der Waals surface area (Å²) < 4.78 is 0. The predicted molar refractivity (Wildman–Crippen MR) is 25.2 cm³/mol. The van der Waals surface area contributed by atoms with Crippen LogP contribution in [0.4, 0.5) is 0 Å². The Hall–Kier alpha value is 2.10. The van der Waals surface area contributed by atoms with Crippen LogP contribution in [0, 0.1) is 0 Å². The van der Waals surface area contributed by atoms with Crippen LogP contribution in [-0.2, 0) is 20.4 Å². The van der Waals surface area contributed by atoms with Crippen molar-refractivity contribution in [3.8, 4) is 0 Å². The summed E-state index contributed by atoms with van der Waals surface area (Å²) in [5, 5.41) is 0. The van der Waals surface area contributed by atoms with Gasteiger partial charge in [-0.05, 0) is 0 Å². The summed E-state index contributed by atoms with van der Waals surface area (Å²) in [7, 11) is 0. The molecule has 0 aromatic rings. The molecule has 2 radical (unpaired) electrons. The molecule has 0 heterocycles. The van der Waals surface area contributed by atoms with Crippen molar-refractivity contribution < 1.29 is 20.4 Å². The minimum atomic E-state index is 0. The second-order valence-corrected chi connectivity index (χ2v) is 0. The molecule has 0 bridgehead atoms. The summed E-state index contributed by atoms with van der Waals surface area (Å²) in [5.41, 5.74) is 0. The number of hydrogen-bond donors (Lipinski definition) is 0. The van der Waals surface area contributed by atoms with E-state index in [0.717, 1.165) is 0 Å². The Kier molecular flexibility index (Phi) is 175. The molecule has 3 heteroatoms. The van der Waals surface area contributed by atoms with Crippen molar-refractivity contribution in [1.29, 1.82) is 0 Å². The van der Waals surface area contributed by atoms with Gasteiger partial charge in [0.1, 0.15) is 0 Å². The quantitative estimate of drug-likeness (QED) is 0.479. The van der Waals surface area contributed by atoms with E-state index in [1.807, 2.05) is 0 Å². The first kappa shape index (κ1) is 36.0. The van der Waals surface area contributed by atoms with E-state index in [0.29, 0.717) is 0 Å². The third-order valence-electron chi connectivity index (χ3n) is 0. The van der Waals surface area contributed by atoms with Gasteiger partial charge in [-0.2, -0.15) is 0 Å². The summed E-state index contributed by atoms with van der Waals surface area (Å²) in [6.07, 6.45) is 0. The average Bonchev–Trinajstić information content (AvgIpc) is 0. The fourth-order valence-electron chi connectivity index (χ4n) is 0. The molecular formula is CH9GaPdSn. The molecule has 0 N–H and O–H groups in total. The van der Waals surface area contributed by atoms with Crippen LogP contribution in [0.15, 0.2) is 0 Å². The standard InChI is InChI=1S/CH4.Ga.Pd.Sn.5H/h1H4;;;;;;;;. The van der Waals surface area contributed by atoms with Crippen LogP contribution in [0.2, 0.25) is 0 Å². The SMILES string of the molecule is C.[GaH3].[Pd].[SnH2]. The van der Waals surface area contributed by atoms with Gasteiger partial charge in [0.05, 0.1) is 0 Å². The van der Waals surface area contributed by atoms with E-state index in [-0.39, 0.29) is 71.5 Å². The molecule has 0 aliphatic rings. The van der Waals surface area contributed by atoms with Gasteiger partial charge in [0, 0.05) is 20.4 Å². The first-order chi connectivity index (χ1) is 0. The van der Waals surface area contributed by atoms with Gasteiger partial charge in [-0.25, -0.2) is 0 Å². The molecular weight excluding hydrogens is 307 g/mol. The molecule has 0 aromatic heterocycles. The van der Waals surface area contributed by atoms with Crippen molar-refractivity contribution in [2.24, 2.45) is 0 Å². The minimum absolute atomic E-state index is 0. The molecule has 4 heavy (non-hydrogen) atoms. The molecule has 0 atom stereocenters. The molecule has 0 fully saturated rings. The Morgan fingerprint density at radius 2 is 1.00 bits per heavy atom. The van der Waals surface area contributed by atoms with Crippen molar-refractivity contribution in [3.05, 3.63) is 0 Å². The molecule has 0 nitrogen and oxygen atoms in total. The predicted octanol–water partition coefficient (Wildman–Crippen LogP) is -1.47. The number of hydrogen-bond acceptors (Lipinski definition) is 0. The van der Waals surface area contributed by atoms with E-state index in [1.54, 1.807) is 0 Å². The van der Waals surface area contributed by atoms with Gasteiger partial charge in [-0.15, -0.1) is 0 Å².